The number of rotatable bonds is 2. The van der Waals surface area contributed by atoms with Crippen LogP contribution in [0.15, 0.2) is 6.20 Å². The van der Waals surface area contributed by atoms with Crippen LogP contribution in [0.4, 0.5) is 0 Å². The SMILES string of the molecule is COc1cnn(C)c1C(=O)O. The molecule has 0 amide bonds. The molecule has 1 rings (SSSR count). The van der Waals surface area contributed by atoms with Crippen molar-refractivity contribution in [3.63, 3.8) is 0 Å². The van der Waals surface area contributed by atoms with Gasteiger partial charge in [-0.1, -0.05) is 0 Å². The van der Waals surface area contributed by atoms with Crippen molar-refractivity contribution in [2.75, 3.05) is 7.11 Å². The van der Waals surface area contributed by atoms with E-state index in [1.807, 2.05) is 0 Å². The molecule has 0 fully saturated rings. The molecule has 0 unspecified atom stereocenters. The second-order valence-corrected chi connectivity index (χ2v) is 1.99. The number of aromatic carboxylic acids is 1. The van der Waals surface area contributed by atoms with Crippen molar-refractivity contribution < 1.29 is 14.6 Å². The van der Waals surface area contributed by atoms with Crippen LogP contribution in [0.1, 0.15) is 10.5 Å². The Hall–Kier alpha value is -1.52. The highest BCUT2D eigenvalue weighted by atomic mass is 16.5. The van der Waals surface area contributed by atoms with Crippen LogP contribution in [0.2, 0.25) is 0 Å². The summed E-state index contributed by atoms with van der Waals surface area (Å²) in [5.74, 6) is -0.762. The normalized spacial score (nSPS) is 9.64. The van der Waals surface area contributed by atoms with Crippen molar-refractivity contribution in [2.24, 2.45) is 7.05 Å². The van der Waals surface area contributed by atoms with Gasteiger partial charge in [0.2, 0.25) is 0 Å². The largest absolute Gasteiger partial charge is 0.493 e. The Morgan fingerprint density at radius 1 is 1.82 bits per heavy atom. The van der Waals surface area contributed by atoms with Gasteiger partial charge in [0.1, 0.15) is 0 Å². The van der Waals surface area contributed by atoms with Crippen molar-refractivity contribution in [3.05, 3.63) is 11.9 Å². The summed E-state index contributed by atoms with van der Waals surface area (Å²) in [7, 11) is 2.95. The van der Waals surface area contributed by atoms with E-state index < -0.39 is 5.97 Å². The number of carboxylic acids is 1. The molecule has 0 atom stereocenters. The van der Waals surface area contributed by atoms with Crippen molar-refractivity contribution in [3.8, 4) is 5.75 Å². The van der Waals surface area contributed by atoms with Crippen LogP contribution in [0.25, 0.3) is 0 Å². The molecule has 5 heteroatoms. The molecule has 1 aromatic heterocycles. The highest BCUT2D eigenvalue weighted by Crippen LogP contribution is 2.15. The van der Waals surface area contributed by atoms with Gasteiger partial charge in [-0.05, 0) is 0 Å². The minimum Gasteiger partial charge on any atom is -0.493 e. The smallest absolute Gasteiger partial charge is 0.358 e. The molecule has 5 nitrogen and oxygen atoms in total. The van der Waals surface area contributed by atoms with Crippen LogP contribution in [0, 0.1) is 0 Å². The first-order chi connectivity index (χ1) is 5.16. The first-order valence-corrected chi connectivity index (χ1v) is 2.96. The Balaban J connectivity index is 3.17. The summed E-state index contributed by atoms with van der Waals surface area (Å²) in [5.41, 5.74) is 0.0625. The van der Waals surface area contributed by atoms with Gasteiger partial charge in [-0.2, -0.15) is 5.10 Å². The Morgan fingerprint density at radius 2 is 2.45 bits per heavy atom. The number of carbonyl (C=O) groups is 1. The van der Waals surface area contributed by atoms with Gasteiger partial charge in [-0.15, -0.1) is 0 Å². The number of aromatic nitrogens is 2. The fourth-order valence-electron chi connectivity index (χ4n) is 0.811. The fourth-order valence-corrected chi connectivity index (χ4v) is 0.811. The number of hydrogen-bond donors (Lipinski definition) is 1. The monoisotopic (exact) mass is 156 g/mol. The van der Waals surface area contributed by atoms with Gasteiger partial charge in [0.25, 0.3) is 0 Å². The van der Waals surface area contributed by atoms with Gasteiger partial charge in [-0.3, -0.25) is 4.68 Å². The number of carboxylic acid groups (broad SMARTS) is 1. The minimum absolute atomic E-state index is 0.0625. The minimum atomic E-state index is -1.04. The van der Waals surface area contributed by atoms with E-state index in [4.69, 9.17) is 9.84 Å². The maximum absolute atomic E-state index is 10.5. The Bertz CT molecular complexity index is 279. The number of hydrogen-bond acceptors (Lipinski definition) is 3. The van der Waals surface area contributed by atoms with Gasteiger partial charge in [-0.25, -0.2) is 4.79 Å². The molecule has 0 aliphatic rings. The quantitative estimate of drug-likeness (QED) is 0.660. The molecule has 0 aromatic carbocycles. The van der Waals surface area contributed by atoms with Crippen molar-refractivity contribution >= 4 is 5.97 Å². The van der Waals surface area contributed by atoms with Gasteiger partial charge >= 0.3 is 5.97 Å². The zero-order chi connectivity index (χ0) is 8.43. The summed E-state index contributed by atoms with van der Waals surface area (Å²) in [6.07, 6.45) is 1.36. The van der Waals surface area contributed by atoms with Crippen LogP contribution in [-0.4, -0.2) is 28.0 Å². The lowest BCUT2D eigenvalue weighted by Gasteiger charge is -1.97. The number of nitrogens with zero attached hydrogens (tertiary/aromatic N) is 2. The molecule has 60 valence electrons. The summed E-state index contributed by atoms with van der Waals surface area (Å²) < 4.78 is 6.01. The summed E-state index contributed by atoms with van der Waals surface area (Å²) in [6.45, 7) is 0. The van der Waals surface area contributed by atoms with E-state index in [2.05, 4.69) is 5.10 Å². The Kier molecular flexibility index (Phi) is 1.80. The predicted octanol–water partition coefficient (Wildman–Crippen LogP) is 0.127. The molecule has 1 aromatic rings. The lowest BCUT2D eigenvalue weighted by Crippen LogP contribution is -2.06. The maximum atomic E-state index is 10.5. The van der Waals surface area contributed by atoms with Crippen molar-refractivity contribution in [1.82, 2.24) is 9.78 Å². The third kappa shape index (κ3) is 1.17. The van der Waals surface area contributed by atoms with Crippen molar-refractivity contribution in [2.45, 2.75) is 0 Å². The van der Waals surface area contributed by atoms with E-state index in [0.717, 1.165) is 0 Å². The molecule has 11 heavy (non-hydrogen) atoms. The topological polar surface area (TPSA) is 64.4 Å². The van der Waals surface area contributed by atoms with E-state index >= 15 is 0 Å². The van der Waals surface area contributed by atoms with Gasteiger partial charge in [0, 0.05) is 7.05 Å². The van der Waals surface area contributed by atoms with Crippen LogP contribution < -0.4 is 4.74 Å². The third-order valence-corrected chi connectivity index (χ3v) is 1.33. The molecule has 1 N–H and O–H groups in total. The molecule has 0 saturated carbocycles. The molecule has 0 radical (unpaired) electrons. The molecule has 0 aliphatic carbocycles. The maximum Gasteiger partial charge on any atom is 0.358 e. The van der Waals surface area contributed by atoms with E-state index in [1.54, 1.807) is 7.05 Å². The van der Waals surface area contributed by atoms with Crippen LogP contribution in [0.3, 0.4) is 0 Å². The van der Waals surface area contributed by atoms with Crippen LogP contribution >= 0.6 is 0 Å². The molecule has 0 saturated heterocycles. The van der Waals surface area contributed by atoms with Crippen molar-refractivity contribution in [1.29, 1.82) is 0 Å². The number of ether oxygens (including phenoxy) is 1. The number of methoxy groups -OCH3 is 1. The van der Waals surface area contributed by atoms with E-state index in [9.17, 15) is 4.79 Å². The fraction of sp³-hybridized carbons (Fsp3) is 0.333. The lowest BCUT2D eigenvalue weighted by molar-refractivity contribution is 0.0681. The molecule has 0 spiro atoms. The first-order valence-electron chi connectivity index (χ1n) is 2.96. The second-order valence-electron chi connectivity index (χ2n) is 1.99. The third-order valence-electron chi connectivity index (χ3n) is 1.33. The Labute approximate surface area is 63.2 Å². The molecular weight excluding hydrogens is 148 g/mol. The van der Waals surface area contributed by atoms with Gasteiger partial charge in [0.05, 0.1) is 13.3 Å². The summed E-state index contributed by atoms with van der Waals surface area (Å²) in [6, 6.07) is 0. The van der Waals surface area contributed by atoms with Crippen LogP contribution in [0.5, 0.6) is 5.75 Å². The standard InChI is InChI=1S/C6H8N2O3/c1-8-5(6(9)10)4(11-2)3-7-8/h3H,1-2H3,(H,9,10). The van der Waals surface area contributed by atoms with E-state index in [-0.39, 0.29) is 11.4 Å². The summed E-state index contributed by atoms with van der Waals surface area (Å²) in [4.78, 5) is 10.5. The summed E-state index contributed by atoms with van der Waals surface area (Å²) >= 11 is 0. The average Bonchev–Trinajstić information content (AvgIpc) is 2.30. The Morgan fingerprint density at radius 3 is 2.82 bits per heavy atom. The van der Waals surface area contributed by atoms with Gasteiger partial charge in [0.15, 0.2) is 11.4 Å². The summed E-state index contributed by atoms with van der Waals surface area (Å²) in [5, 5.41) is 12.3. The lowest BCUT2D eigenvalue weighted by atomic mass is 10.4. The first kappa shape index (κ1) is 7.59. The number of aryl methyl sites for hydroxylation is 1. The predicted molar refractivity (Wildman–Crippen MR) is 36.7 cm³/mol. The van der Waals surface area contributed by atoms with E-state index in [0.29, 0.717) is 0 Å². The molecule has 1 heterocycles. The van der Waals surface area contributed by atoms with E-state index in [1.165, 1.54) is 18.0 Å². The zero-order valence-corrected chi connectivity index (χ0v) is 6.24. The highest BCUT2D eigenvalue weighted by Gasteiger charge is 2.15. The average molecular weight is 156 g/mol. The highest BCUT2D eigenvalue weighted by molar-refractivity contribution is 5.88. The second kappa shape index (κ2) is 2.61. The van der Waals surface area contributed by atoms with Gasteiger partial charge < -0.3 is 9.84 Å². The van der Waals surface area contributed by atoms with Crippen LogP contribution in [-0.2, 0) is 7.05 Å². The molecule has 0 aliphatic heterocycles. The molecular formula is C6H8N2O3. The molecule has 0 bridgehead atoms. The zero-order valence-electron chi connectivity index (χ0n) is 6.24.